The summed E-state index contributed by atoms with van der Waals surface area (Å²) in [5, 5.41) is 51.1. The van der Waals surface area contributed by atoms with E-state index in [2.05, 4.69) is 10.2 Å². The van der Waals surface area contributed by atoms with Gasteiger partial charge < -0.3 is 20.4 Å². The molecular weight excluding hydrogens is 632 g/mol. The van der Waals surface area contributed by atoms with E-state index in [4.69, 9.17) is 10.2 Å². The fourth-order valence-electron chi connectivity index (χ4n) is 4.28. The van der Waals surface area contributed by atoms with Gasteiger partial charge >= 0.3 is 21.7 Å². The Hall–Kier alpha value is -3.57. The normalized spacial score (nSPS) is 10.6. The van der Waals surface area contributed by atoms with Crippen LogP contribution in [0.5, 0.6) is 11.8 Å². The summed E-state index contributed by atoms with van der Waals surface area (Å²) in [5.74, 6) is -0.935. The summed E-state index contributed by atoms with van der Waals surface area (Å²) in [6.07, 6.45) is 0.674. The third-order valence-corrected chi connectivity index (χ3v) is 5.98. The molecule has 0 amide bonds. The van der Waals surface area contributed by atoms with Gasteiger partial charge in [0.15, 0.2) is 11.6 Å². The molecule has 0 aliphatic heterocycles. The molecule has 0 spiro atoms. The van der Waals surface area contributed by atoms with E-state index < -0.39 is 0 Å². The van der Waals surface area contributed by atoms with Crippen molar-refractivity contribution >= 4 is 11.6 Å². The van der Waals surface area contributed by atoms with Gasteiger partial charge in [-0.2, -0.15) is 10.2 Å². The van der Waals surface area contributed by atoms with E-state index in [1.165, 1.54) is 9.36 Å². The van der Waals surface area contributed by atoms with Gasteiger partial charge in [0.1, 0.15) is 0 Å². The average Bonchev–Trinajstić information content (AvgIpc) is 3.42. The van der Waals surface area contributed by atoms with Crippen LogP contribution >= 0.6 is 0 Å². The summed E-state index contributed by atoms with van der Waals surface area (Å²) in [5.41, 5.74) is 2.47. The smallest absolute Gasteiger partial charge is 0.858 e. The van der Waals surface area contributed by atoms with Gasteiger partial charge in [0.25, 0.3) is 0 Å². The number of rotatable bonds is 6. The second-order valence-electron chi connectivity index (χ2n) is 12.9. The molecule has 0 atom stereocenters. The Morgan fingerprint density at radius 3 is 1.11 bits per heavy atom. The summed E-state index contributed by atoms with van der Waals surface area (Å²) in [6, 6.07) is 18.3. The van der Waals surface area contributed by atoms with Crippen LogP contribution in [-0.4, -0.2) is 44.3 Å². The van der Waals surface area contributed by atoms with Crippen LogP contribution in [-0.2, 0) is 21.7 Å². The van der Waals surface area contributed by atoms with Crippen molar-refractivity contribution in [1.29, 1.82) is 0 Å². The minimum absolute atomic E-state index is 0. The maximum atomic E-state index is 12.4. The van der Waals surface area contributed by atoms with E-state index in [1.807, 2.05) is 77.9 Å². The molecule has 0 bridgehead atoms. The van der Waals surface area contributed by atoms with Gasteiger partial charge in [-0.05, 0) is 48.9 Å². The number of para-hydroxylation sites is 2. The molecule has 2 heterocycles. The van der Waals surface area contributed by atoms with Crippen LogP contribution < -0.4 is 20.4 Å². The van der Waals surface area contributed by atoms with Crippen LogP contribution in [0.2, 0.25) is 0 Å². The molecular formula is C36H48N4O6Ti. The fourth-order valence-corrected chi connectivity index (χ4v) is 4.28. The number of carbonyl (C=O) groups excluding carboxylic acids is 2. The zero-order valence-corrected chi connectivity index (χ0v) is 30.9. The molecule has 252 valence electrons. The van der Waals surface area contributed by atoms with Crippen molar-refractivity contribution in [2.24, 2.45) is 10.8 Å². The molecule has 2 aromatic heterocycles. The van der Waals surface area contributed by atoms with E-state index in [0.29, 0.717) is 35.6 Å². The third kappa shape index (κ3) is 14.0. The summed E-state index contributed by atoms with van der Waals surface area (Å²) in [6.45, 7) is 18.4. The Kier molecular flexibility index (Phi) is 18.4. The predicted molar refractivity (Wildman–Crippen MR) is 173 cm³/mol. The van der Waals surface area contributed by atoms with Crippen molar-refractivity contribution in [3.63, 3.8) is 0 Å². The Morgan fingerprint density at radius 1 is 0.617 bits per heavy atom. The van der Waals surface area contributed by atoms with Crippen molar-refractivity contribution in [3.8, 4) is 23.1 Å². The average molecular weight is 681 g/mol. The van der Waals surface area contributed by atoms with Gasteiger partial charge in [-0.1, -0.05) is 91.8 Å². The topological polar surface area (TPSA) is 162 Å². The Bertz CT molecular complexity index is 1400. The van der Waals surface area contributed by atoms with Crippen molar-refractivity contribution < 1.29 is 51.7 Å². The number of carbonyl (C=O) groups is 2. The third-order valence-electron chi connectivity index (χ3n) is 5.98. The minimum atomic E-state index is -0.331. The molecule has 4 rings (SSSR count). The quantitative estimate of drug-likeness (QED) is 0.213. The van der Waals surface area contributed by atoms with Gasteiger partial charge in [0, 0.05) is 24.6 Å². The molecule has 0 aliphatic rings. The van der Waals surface area contributed by atoms with Crippen LogP contribution in [0.4, 0.5) is 0 Å². The maximum Gasteiger partial charge on any atom is 4.00 e. The SMILES string of the molecule is CC[O-].CC[O-].Cc1nn(-c2ccccc2)c([O-])c1C(=O)CC(C)(C)C.Cc1nn(-c2ccccc2)c([O-])c1C(=O)CC(C)(C)C.[Ti+4]. The number of benzene rings is 2. The first-order valence-electron chi connectivity index (χ1n) is 15.3. The largest absolute Gasteiger partial charge is 4.00 e. The van der Waals surface area contributed by atoms with E-state index in [9.17, 15) is 19.8 Å². The second kappa shape index (κ2) is 19.9. The van der Waals surface area contributed by atoms with Crippen LogP contribution in [0.3, 0.4) is 0 Å². The zero-order chi connectivity index (χ0) is 35.2. The summed E-state index contributed by atoms with van der Waals surface area (Å²) >= 11 is 0. The van der Waals surface area contributed by atoms with Crippen LogP contribution in [0.25, 0.3) is 11.4 Å². The number of Topliss-reactive ketones (excluding diaryl/α,β-unsaturated/α-hetero) is 2. The molecule has 0 saturated carbocycles. The predicted octanol–water partition coefficient (Wildman–Crippen LogP) is 4.48. The van der Waals surface area contributed by atoms with E-state index >= 15 is 0 Å². The number of hydrogen-bond donors (Lipinski definition) is 0. The number of aryl methyl sites for hydroxylation is 2. The van der Waals surface area contributed by atoms with Gasteiger partial charge in [0.2, 0.25) is 0 Å². The first-order valence-corrected chi connectivity index (χ1v) is 15.3. The van der Waals surface area contributed by atoms with Crippen molar-refractivity contribution in [2.45, 2.75) is 82.1 Å². The number of aromatic nitrogens is 4. The van der Waals surface area contributed by atoms with Crippen LogP contribution in [0.1, 0.15) is 100 Å². The number of nitrogens with zero attached hydrogens (tertiary/aromatic N) is 4. The molecule has 0 N–H and O–H groups in total. The molecule has 0 saturated heterocycles. The fraction of sp³-hybridized carbons (Fsp3) is 0.444. The Balaban J connectivity index is 0.000000757. The molecule has 47 heavy (non-hydrogen) atoms. The minimum Gasteiger partial charge on any atom is -0.858 e. The molecule has 4 aromatic rings. The van der Waals surface area contributed by atoms with Gasteiger partial charge in [-0.3, -0.25) is 9.59 Å². The molecule has 0 unspecified atom stereocenters. The summed E-state index contributed by atoms with van der Waals surface area (Å²) in [4.78, 5) is 24.6. The maximum absolute atomic E-state index is 12.4. The summed E-state index contributed by atoms with van der Waals surface area (Å²) < 4.78 is 2.59. The standard InChI is InChI=1S/2C16H20N2O2.2C2H5O.Ti/c2*1-11-14(13(19)10-16(2,3)4)15(20)18(17-11)12-8-6-5-7-9-12;2*1-2-3;/h2*5-9,20H,10H2,1-4H3;2*2H2,1H3;/q;;2*-1;+4/p-2. The first-order chi connectivity index (χ1) is 21.4. The van der Waals surface area contributed by atoms with Crippen LogP contribution in [0.15, 0.2) is 60.7 Å². The monoisotopic (exact) mass is 680 g/mol. The number of ketones is 2. The molecule has 11 heteroatoms. The second-order valence-corrected chi connectivity index (χ2v) is 12.9. The summed E-state index contributed by atoms with van der Waals surface area (Å²) in [7, 11) is 0. The Morgan fingerprint density at radius 2 is 0.872 bits per heavy atom. The van der Waals surface area contributed by atoms with E-state index in [1.54, 1.807) is 52.0 Å². The van der Waals surface area contributed by atoms with E-state index in [-0.39, 0.29) is 80.2 Å². The van der Waals surface area contributed by atoms with Crippen molar-refractivity contribution in [3.05, 3.63) is 83.2 Å². The zero-order valence-electron chi connectivity index (χ0n) is 29.3. The Labute approximate surface area is 294 Å². The molecule has 0 fully saturated rings. The van der Waals surface area contributed by atoms with Gasteiger partial charge in [-0.15, -0.1) is 13.2 Å². The van der Waals surface area contributed by atoms with Crippen LogP contribution in [0, 0.1) is 24.7 Å². The van der Waals surface area contributed by atoms with E-state index in [0.717, 1.165) is 0 Å². The molecule has 0 radical (unpaired) electrons. The first kappa shape index (κ1) is 43.4. The number of hydrogen-bond acceptors (Lipinski definition) is 8. The molecule has 0 aliphatic carbocycles. The molecule has 2 aromatic carbocycles. The molecule has 10 nitrogen and oxygen atoms in total. The van der Waals surface area contributed by atoms with Crippen molar-refractivity contribution in [1.82, 2.24) is 19.6 Å². The van der Waals surface area contributed by atoms with Crippen molar-refractivity contribution in [2.75, 3.05) is 13.2 Å². The van der Waals surface area contributed by atoms with Gasteiger partial charge in [0.05, 0.1) is 33.9 Å². The van der Waals surface area contributed by atoms with Gasteiger partial charge in [-0.25, -0.2) is 9.36 Å².